The van der Waals surface area contributed by atoms with Crippen molar-refractivity contribution in [3.63, 3.8) is 0 Å². The minimum Gasteiger partial charge on any atom is -0.497 e. The van der Waals surface area contributed by atoms with Crippen molar-refractivity contribution in [1.82, 2.24) is 9.88 Å². The Hall–Kier alpha value is -2.45. The average Bonchev–Trinajstić information content (AvgIpc) is 3.02. The van der Waals surface area contributed by atoms with E-state index in [0.717, 1.165) is 0 Å². The third kappa shape index (κ3) is 3.97. The Morgan fingerprint density at radius 1 is 1.24 bits per heavy atom. The second kappa shape index (κ2) is 7.62. The second-order valence-corrected chi connectivity index (χ2v) is 6.52. The number of rotatable bonds is 4. The number of methoxy groups -OCH3 is 1. The van der Waals surface area contributed by atoms with Crippen molar-refractivity contribution in [3.05, 3.63) is 40.4 Å². The number of anilines is 1. The molecule has 0 unspecified atom stereocenters. The molecule has 0 aliphatic carbocycles. The van der Waals surface area contributed by atoms with Gasteiger partial charge in [-0.1, -0.05) is 11.3 Å². The quantitative estimate of drug-likeness (QED) is 0.903. The van der Waals surface area contributed by atoms with Gasteiger partial charge in [0.1, 0.15) is 10.6 Å². The normalized spacial score (nSPS) is 14.2. The Kier molecular flexibility index (Phi) is 5.30. The number of nitrogens with one attached hydrogen (secondary N) is 1. The van der Waals surface area contributed by atoms with Crippen LogP contribution in [0.3, 0.4) is 0 Å². The van der Waals surface area contributed by atoms with Crippen molar-refractivity contribution in [1.29, 1.82) is 0 Å². The summed E-state index contributed by atoms with van der Waals surface area (Å²) in [5.74, 6) is 0.338. The van der Waals surface area contributed by atoms with Crippen LogP contribution in [0.15, 0.2) is 24.3 Å². The lowest BCUT2D eigenvalue weighted by molar-refractivity contribution is 0.0305. The molecular weight excluding hydrogens is 342 g/mol. The lowest BCUT2D eigenvalue weighted by Crippen LogP contribution is -2.40. The largest absolute Gasteiger partial charge is 0.497 e. The molecule has 25 heavy (non-hydrogen) atoms. The van der Waals surface area contributed by atoms with Crippen LogP contribution < -0.4 is 10.1 Å². The van der Waals surface area contributed by atoms with E-state index in [1.807, 2.05) is 0 Å². The maximum Gasteiger partial charge on any atom is 0.266 e. The Morgan fingerprint density at radius 3 is 2.56 bits per heavy atom. The first kappa shape index (κ1) is 17.4. The van der Waals surface area contributed by atoms with Crippen LogP contribution in [0.5, 0.6) is 5.75 Å². The molecule has 132 valence electrons. The molecule has 8 heteroatoms. The molecule has 0 saturated carbocycles. The minimum absolute atomic E-state index is 0.0664. The molecule has 3 rings (SSSR count). The highest BCUT2D eigenvalue weighted by Gasteiger charge is 2.23. The number of carbonyl (C=O) groups excluding carboxylic acids is 2. The van der Waals surface area contributed by atoms with Gasteiger partial charge in [-0.15, -0.1) is 0 Å². The third-order valence-corrected chi connectivity index (χ3v) is 4.92. The van der Waals surface area contributed by atoms with Crippen LogP contribution in [0.2, 0.25) is 0 Å². The van der Waals surface area contributed by atoms with Crippen LogP contribution in [-0.4, -0.2) is 55.1 Å². The maximum atomic E-state index is 12.6. The number of ether oxygens (including phenoxy) is 2. The van der Waals surface area contributed by atoms with Gasteiger partial charge in [-0.25, -0.2) is 4.98 Å². The smallest absolute Gasteiger partial charge is 0.266 e. The predicted molar refractivity (Wildman–Crippen MR) is 94.5 cm³/mol. The van der Waals surface area contributed by atoms with Crippen molar-refractivity contribution >= 4 is 28.3 Å². The van der Waals surface area contributed by atoms with Gasteiger partial charge in [-0.05, 0) is 31.2 Å². The summed E-state index contributed by atoms with van der Waals surface area (Å²) in [6, 6.07) is 6.79. The number of hydrogen-bond acceptors (Lipinski definition) is 6. The van der Waals surface area contributed by atoms with Crippen molar-refractivity contribution in [2.45, 2.75) is 6.92 Å². The van der Waals surface area contributed by atoms with Gasteiger partial charge in [0.05, 0.1) is 26.0 Å². The van der Waals surface area contributed by atoms with Crippen molar-refractivity contribution in [2.24, 2.45) is 0 Å². The van der Waals surface area contributed by atoms with Gasteiger partial charge in [-0.3, -0.25) is 14.9 Å². The highest BCUT2D eigenvalue weighted by Crippen LogP contribution is 2.25. The number of nitrogens with zero attached hydrogens (tertiary/aromatic N) is 2. The summed E-state index contributed by atoms with van der Waals surface area (Å²) in [7, 11) is 1.57. The third-order valence-electron chi connectivity index (χ3n) is 3.86. The van der Waals surface area contributed by atoms with Gasteiger partial charge in [0.2, 0.25) is 0 Å². The number of amides is 2. The van der Waals surface area contributed by atoms with Crippen LogP contribution in [0, 0.1) is 6.92 Å². The summed E-state index contributed by atoms with van der Waals surface area (Å²) in [5, 5.41) is 3.16. The fourth-order valence-corrected chi connectivity index (χ4v) is 3.40. The van der Waals surface area contributed by atoms with Gasteiger partial charge >= 0.3 is 0 Å². The Morgan fingerprint density at radius 2 is 1.92 bits per heavy atom. The van der Waals surface area contributed by atoms with Crippen molar-refractivity contribution in [3.8, 4) is 5.75 Å². The van der Waals surface area contributed by atoms with E-state index >= 15 is 0 Å². The molecule has 2 amide bonds. The molecule has 0 atom stereocenters. The lowest BCUT2D eigenvalue weighted by Gasteiger charge is -2.26. The van der Waals surface area contributed by atoms with Crippen LogP contribution in [0.25, 0.3) is 0 Å². The molecular formula is C17H19N3O4S. The summed E-state index contributed by atoms with van der Waals surface area (Å²) >= 11 is 1.19. The number of morpholine rings is 1. The molecule has 1 N–H and O–H groups in total. The van der Waals surface area contributed by atoms with Crippen LogP contribution in [0.4, 0.5) is 5.13 Å². The Balaban J connectivity index is 1.70. The molecule has 1 saturated heterocycles. The molecule has 0 spiro atoms. The van der Waals surface area contributed by atoms with Crippen LogP contribution in [-0.2, 0) is 4.74 Å². The van der Waals surface area contributed by atoms with E-state index in [9.17, 15) is 9.59 Å². The van der Waals surface area contributed by atoms with Gasteiger partial charge in [0.15, 0.2) is 5.13 Å². The molecule has 2 aromatic rings. The van der Waals surface area contributed by atoms with E-state index < -0.39 is 0 Å². The Labute approximate surface area is 149 Å². The molecule has 1 aliphatic rings. The number of aryl methyl sites for hydroxylation is 1. The number of hydrogen-bond donors (Lipinski definition) is 1. The van der Waals surface area contributed by atoms with E-state index in [1.165, 1.54) is 11.3 Å². The van der Waals surface area contributed by atoms with Gasteiger partial charge in [-0.2, -0.15) is 0 Å². The topological polar surface area (TPSA) is 80.8 Å². The average molecular weight is 361 g/mol. The first-order chi connectivity index (χ1) is 12.1. The van der Waals surface area contributed by atoms with Crippen LogP contribution >= 0.6 is 11.3 Å². The number of aromatic nitrogens is 1. The molecule has 1 aromatic heterocycles. The van der Waals surface area contributed by atoms with Gasteiger partial charge < -0.3 is 14.4 Å². The van der Waals surface area contributed by atoms with E-state index in [2.05, 4.69) is 10.3 Å². The first-order valence-electron chi connectivity index (χ1n) is 7.88. The Bertz CT molecular complexity index is 767. The highest BCUT2D eigenvalue weighted by atomic mass is 32.1. The van der Waals surface area contributed by atoms with E-state index in [1.54, 1.807) is 43.2 Å². The van der Waals surface area contributed by atoms with Crippen molar-refractivity contribution < 1.29 is 19.1 Å². The summed E-state index contributed by atoms with van der Waals surface area (Å²) in [4.78, 5) is 31.5. The molecule has 1 aliphatic heterocycles. The van der Waals surface area contributed by atoms with Gasteiger partial charge in [0, 0.05) is 18.7 Å². The second-order valence-electron chi connectivity index (χ2n) is 5.52. The molecule has 2 heterocycles. The molecule has 0 radical (unpaired) electrons. The maximum absolute atomic E-state index is 12.6. The fraction of sp³-hybridized carbons (Fsp3) is 0.353. The zero-order chi connectivity index (χ0) is 17.8. The molecule has 1 aromatic carbocycles. The highest BCUT2D eigenvalue weighted by molar-refractivity contribution is 7.17. The summed E-state index contributed by atoms with van der Waals surface area (Å²) < 4.78 is 10.3. The van der Waals surface area contributed by atoms with E-state index in [0.29, 0.717) is 53.3 Å². The molecule has 1 fully saturated rings. The van der Waals surface area contributed by atoms with Gasteiger partial charge in [0.25, 0.3) is 11.8 Å². The van der Waals surface area contributed by atoms with Crippen LogP contribution in [0.1, 0.15) is 25.7 Å². The summed E-state index contributed by atoms with van der Waals surface area (Å²) in [6.45, 7) is 4.01. The monoisotopic (exact) mass is 361 g/mol. The SMILES string of the molecule is COc1ccc(C(=O)Nc2nc(C)c(C(=O)N3CCOCC3)s2)cc1. The van der Waals surface area contributed by atoms with Crippen molar-refractivity contribution in [2.75, 3.05) is 38.7 Å². The fourth-order valence-electron chi connectivity index (χ4n) is 2.47. The number of carbonyl (C=O) groups is 2. The predicted octanol–water partition coefficient (Wildman–Crippen LogP) is 2.18. The zero-order valence-electron chi connectivity index (χ0n) is 14.1. The first-order valence-corrected chi connectivity index (χ1v) is 8.70. The van der Waals surface area contributed by atoms with E-state index in [4.69, 9.17) is 9.47 Å². The molecule has 0 bridgehead atoms. The minimum atomic E-state index is -0.276. The number of benzene rings is 1. The number of thiazole rings is 1. The summed E-state index contributed by atoms with van der Waals surface area (Å²) in [6.07, 6.45) is 0. The zero-order valence-corrected chi connectivity index (χ0v) is 14.9. The van der Waals surface area contributed by atoms with E-state index in [-0.39, 0.29) is 11.8 Å². The lowest BCUT2D eigenvalue weighted by atomic mass is 10.2. The molecule has 7 nitrogen and oxygen atoms in total. The summed E-state index contributed by atoms with van der Waals surface area (Å²) in [5.41, 5.74) is 1.11. The standard InChI is InChI=1S/C17H19N3O4S/c1-11-14(16(22)20-7-9-24-10-8-20)25-17(18-11)19-15(21)12-3-5-13(23-2)6-4-12/h3-6H,7-10H2,1-2H3,(H,18,19,21).